The quantitative estimate of drug-likeness (QED) is 0.924. The number of nitrogens with one attached hydrogen (secondary N) is 1. The molecule has 0 aliphatic rings. The van der Waals surface area contributed by atoms with E-state index >= 15 is 0 Å². The second kappa shape index (κ2) is 6.16. The lowest BCUT2D eigenvalue weighted by atomic mass is 10.3. The van der Waals surface area contributed by atoms with Gasteiger partial charge in [0.25, 0.3) is 5.91 Å². The molecule has 19 heavy (non-hydrogen) atoms. The Balaban J connectivity index is 1.94. The maximum Gasteiger partial charge on any atom is 0.266 e. The molecule has 0 unspecified atom stereocenters. The van der Waals surface area contributed by atoms with Crippen LogP contribution in [0.25, 0.3) is 0 Å². The largest absolute Gasteiger partial charge is 0.481 e. The van der Waals surface area contributed by atoms with Crippen LogP contribution in [-0.2, 0) is 4.79 Å². The zero-order valence-corrected chi connectivity index (χ0v) is 12.9. The molecule has 1 N–H and O–H groups in total. The van der Waals surface area contributed by atoms with Gasteiger partial charge in [-0.1, -0.05) is 15.9 Å². The van der Waals surface area contributed by atoms with E-state index in [9.17, 15) is 4.79 Å². The Morgan fingerprint density at radius 1 is 1.42 bits per heavy atom. The third-order valence-electron chi connectivity index (χ3n) is 2.35. The first-order valence-corrected chi connectivity index (χ1v) is 7.31. The van der Waals surface area contributed by atoms with Crippen LogP contribution in [0.3, 0.4) is 0 Å². The van der Waals surface area contributed by atoms with Crippen LogP contribution >= 0.6 is 27.3 Å². The topological polar surface area (TPSA) is 51.2 Å². The summed E-state index contributed by atoms with van der Waals surface area (Å²) in [5, 5.41) is 3.32. The molecule has 1 aromatic heterocycles. The van der Waals surface area contributed by atoms with Crippen molar-refractivity contribution >= 4 is 38.3 Å². The Morgan fingerprint density at radius 3 is 2.68 bits per heavy atom. The third-order valence-corrected chi connectivity index (χ3v) is 3.70. The summed E-state index contributed by atoms with van der Waals surface area (Å²) in [4.78, 5) is 17.0. The fourth-order valence-electron chi connectivity index (χ4n) is 1.39. The van der Waals surface area contributed by atoms with Crippen molar-refractivity contribution < 1.29 is 9.53 Å². The van der Waals surface area contributed by atoms with Gasteiger partial charge >= 0.3 is 0 Å². The van der Waals surface area contributed by atoms with E-state index < -0.39 is 6.10 Å². The fraction of sp³-hybridized carbons (Fsp3) is 0.231. The molecule has 1 amide bonds. The van der Waals surface area contributed by atoms with E-state index in [2.05, 4.69) is 26.2 Å². The first-order chi connectivity index (χ1) is 9.04. The number of nitrogens with zero attached hydrogens (tertiary/aromatic N) is 1. The molecule has 0 saturated carbocycles. The molecule has 0 saturated heterocycles. The average Bonchev–Trinajstić information content (AvgIpc) is 2.77. The number of hydrogen-bond donors (Lipinski definition) is 1. The molecule has 0 radical (unpaired) electrons. The maximum absolute atomic E-state index is 11.9. The lowest BCUT2D eigenvalue weighted by molar-refractivity contribution is -0.122. The SMILES string of the molecule is Cc1cnc(NC(=O)[C@H](C)Oc2ccc(Br)cc2)s1. The molecule has 2 rings (SSSR count). The number of hydrogen-bond acceptors (Lipinski definition) is 4. The number of benzene rings is 1. The predicted octanol–water partition coefficient (Wildman–Crippen LogP) is 3.62. The second-order valence-electron chi connectivity index (χ2n) is 3.98. The Bertz CT molecular complexity index is 568. The van der Waals surface area contributed by atoms with Gasteiger partial charge in [-0.2, -0.15) is 0 Å². The van der Waals surface area contributed by atoms with Crippen LogP contribution < -0.4 is 10.1 Å². The van der Waals surface area contributed by atoms with Gasteiger partial charge in [-0.05, 0) is 38.1 Å². The van der Waals surface area contributed by atoms with Crippen LogP contribution in [0.1, 0.15) is 11.8 Å². The summed E-state index contributed by atoms with van der Waals surface area (Å²) >= 11 is 4.78. The van der Waals surface area contributed by atoms with E-state index in [0.717, 1.165) is 9.35 Å². The molecule has 0 spiro atoms. The number of anilines is 1. The number of carbonyl (C=O) groups is 1. The van der Waals surface area contributed by atoms with Gasteiger partial charge in [0.1, 0.15) is 5.75 Å². The van der Waals surface area contributed by atoms with E-state index in [1.165, 1.54) is 11.3 Å². The summed E-state index contributed by atoms with van der Waals surface area (Å²) in [5.74, 6) is 0.443. The number of halogens is 1. The highest BCUT2D eigenvalue weighted by molar-refractivity contribution is 9.10. The Kier molecular flexibility index (Phi) is 4.55. The first-order valence-electron chi connectivity index (χ1n) is 5.70. The van der Waals surface area contributed by atoms with Crippen molar-refractivity contribution in [2.75, 3.05) is 5.32 Å². The van der Waals surface area contributed by atoms with Crippen LogP contribution in [0.15, 0.2) is 34.9 Å². The van der Waals surface area contributed by atoms with E-state index in [4.69, 9.17) is 4.74 Å². The number of carbonyl (C=O) groups excluding carboxylic acids is 1. The number of ether oxygens (including phenoxy) is 1. The van der Waals surface area contributed by atoms with Crippen molar-refractivity contribution in [1.29, 1.82) is 0 Å². The molecule has 0 aliphatic heterocycles. The van der Waals surface area contributed by atoms with Crippen LogP contribution in [-0.4, -0.2) is 17.0 Å². The standard InChI is InChI=1S/C13H13BrN2O2S/c1-8-7-15-13(19-8)16-12(17)9(2)18-11-5-3-10(14)4-6-11/h3-7,9H,1-2H3,(H,15,16,17)/t9-/m0/s1. The van der Waals surface area contributed by atoms with Gasteiger partial charge in [0.2, 0.25) is 0 Å². The molecule has 1 aromatic carbocycles. The molecule has 6 heteroatoms. The summed E-state index contributed by atoms with van der Waals surface area (Å²) in [5.41, 5.74) is 0. The summed E-state index contributed by atoms with van der Waals surface area (Å²) < 4.78 is 6.52. The smallest absolute Gasteiger partial charge is 0.266 e. The van der Waals surface area contributed by atoms with Crippen molar-refractivity contribution in [1.82, 2.24) is 4.98 Å². The predicted molar refractivity (Wildman–Crippen MR) is 79.7 cm³/mol. The number of thiazole rings is 1. The number of aromatic nitrogens is 1. The lowest BCUT2D eigenvalue weighted by Crippen LogP contribution is -2.30. The van der Waals surface area contributed by atoms with Gasteiger partial charge in [0.15, 0.2) is 11.2 Å². The molecular formula is C13H13BrN2O2S. The fourth-order valence-corrected chi connectivity index (χ4v) is 2.32. The van der Waals surface area contributed by atoms with Crippen molar-refractivity contribution in [2.45, 2.75) is 20.0 Å². The van der Waals surface area contributed by atoms with Gasteiger partial charge < -0.3 is 4.74 Å². The zero-order valence-electron chi connectivity index (χ0n) is 10.5. The van der Waals surface area contributed by atoms with E-state index in [1.54, 1.807) is 25.3 Å². The Morgan fingerprint density at radius 2 is 2.11 bits per heavy atom. The minimum Gasteiger partial charge on any atom is -0.481 e. The van der Waals surface area contributed by atoms with Crippen molar-refractivity contribution in [3.8, 4) is 5.75 Å². The maximum atomic E-state index is 11.9. The highest BCUT2D eigenvalue weighted by Crippen LogP contribution is 2.19. The van der Waals surface area contributed by atoms with Gasteiger partial charge in [0, 0.05) is 15.5 Å². The van der Waals surface area contributed by atoms with Crippen molar-refractivity contribution in [2.24, 2.45) is 0 Å². The lowest BCUT2D eigenvalue weighted by Gasteiger charge is -2.13. The molecule has 0 fully saturated rings. The number of aryl methyl sites for hydroxylation is 1. The number of rotatable bonds is 4. The number of amides is 1. The summed E-state index contributed by atoms with van der Waals surface area (Å²) in [6, 6.07) is 7.34. The highest BCUT2D eigenvalue weighted by Gasteiger charge is 2.16. The van der Waals surface area contributed by atoms with Crippen LogP contribution in [0, 0.1) is 6.92 Å². The van der Waals surface area contributed by atoms with Gasteiger partial charge in [-0.25, -0.2) is 4.98 Å². The summed E-state index contributed by atoms with van der Waals surface area (Å²) in [6.07, 6.45) is 1.14. The molecule has 2 aromatic rings. The van der Waals surface area contributed by atoms with Crippen molar-refractivity contribution in [3.05, 3.63) is 39.8 Å². The van der Waals surface area contributed by atoms with Gasteiger partial charge in [-0.15, -0.1) is 11.3 Å². The minimum atomic E-state index is -0.578. The first kappa shape index (κ1) is 14.0. The summed E-state index contributed by atoms with van der Waals surface area (Å²) in [7, 11) is 0. The van der Waals surface area contributed by atoms with Gasteiger partial charge in [-0.3, -0.25) is 10.1 Å². The monoisotopic (exact) mass is 340 g/mol. The Labute approximate surface area is 124 Å². The molecule has 4 nitrogen and oxygen atoms in total. The Hall–Kier alpha value is -1.40. The molecular weight excluding hydrogens is 328 g/mol. The van der Waals surface area contributed by atoms with Crippen LogP contribution in [0.4, 0.5) is 5.13 Å². The highest BCUT2D eigenvalue weighted by atomic mass is 79.9. The second-order valence-corrected chi connectivity index (χ2v) is 6.13. The minimum absolute atomic E-state index is 0.211. The van der Waals surface area contributed by atoms with Crippen molar-refractivity contribution in [3.63, 3.8) is 0 Å². The summed E-state index contributed by atoms with van der Waals surface area (Å²) in [6.45, 7) is 3.65. The van der Waals surface area contributed by atoms with Gasteiger partial charge in [0.05, 0.1) is 0 Å². The van der Waals surface area contributed by atoms with E-state index in [0.29, 0.717) is 10.9 Å². The van der Waals surface area contributed by atoms with E-state index in [1.807, 2.05) is 19.1 Å². The molecule has 1 atom stereocenters. The molecule has 100 valence electrons. The third kappa shape index (κ3) is 4.04. The normalized spacial score (nSPS) is 11.9. The molecule has 0 aliphatic carbocycles. The molecule has 1 heterocycles. The van der Waals surface area contributed by atoms with Crippen LogP contribution in [0.5, 0.6) is 5.75 Å². The van der Waals surface area contributed by atoms with Crippen LogP contribution in [0.2, 0.25) is 0 Å². The van der Waals surface area contributed by atoms with E-state index in [-0.39, 0.29) is 5.91 Å². The average molecular weight is 341 g/mol. The zero-order chi connectivity index (χ0) is 13.8. The molecule has 0 bridgehead atoms.